The maximum absolute atomic E-state index is 10.0. The Hall–Kier alpha value is -2.07. The first kappa shape index (κ1) is 21.6. The van der Waals surface area contributed by atoms with E-state index in [9.17, 15) is 5.26 Å². The SMILES string of the molecule is CCCCCc1ccc(-c2ccc(C3(C#N)CCC(CCCC)CC3)cc2)cc1. The Bertz CT molecular complexity index is 771. The molecule has 0 saturated heterocycles. The predicted molar refractivity (Wildman–Crippen MR) is 124 cm³/mol. The van der Waals surface area contributed by atoms with Crippen LogP contribution in [-0.2, 0) is 11.8 Å². The van der Waals surface area contributed by atoms with Gasteiger partial charge in [-0.1, -0.05) is 94.5 Å². The molecule has 154 valence electrons. The van der Waals surface area contributed by atoms with Gasteiger partial charge in [0.1, 0.15) is 0 Å². The maximum atomic E-state index is 10.0. The van der Waals surface area contributed by atoms with Crippen LogP contribution in [-0.4, -0.2) is 0 Å². The maximum Gasteiger partial charge on any atom is 0.0822 e. The van der Waals surface area contributed by atoms with Crippen molar-refractivity contribution in [2.45, 2.75) is 89.9 Å². The molecular weight excluding hydrogens is 350 g/mol. The van der Waals surface area contributed by atoms with E-state index in [1.165, 1.54) is 80.0 Å². The van der Waals surface area contributed by atoms with E-state index in [1.54, 1.807) is 0 Å². The van der Waals surface area contributed by atoms with E-state index < -0.39 is 0 Å². The second-order valence-electron chi connectivity index (χ2n) is 9.01. The van der Waals surface area contributed by atoms with Crippen LogP contribution in [0, 0.1) is 17.2 Å². The number of hydrogen-bond acceptors (Lipinski definition) is 1. The van der Waals surface area contributed by atoms with Gasteiger partial charge in [-0.3, -0.25) is 0 Å². The fraction of sp³-hybridized carbons (Fsp3) is 0.536. The van der Waals surface area contributed by atoms with Crippen LogP contribution >= 0.6 is 0 Å². The van der Waals surface area contributed by atoms with Crippen LogP contribution in [0.4, 0.5) is 0 Å². The van der Waals surface area contributed by atoms with Crippen molar-refractivity contribution >= 4 is 0 Å². The second-order valence-corrected chi connectivity index (χ2v) is 9.01. The molecule has 2 aromatic carbocycles. The third-order valence-electron chi connectivity index (χ3n) is 6.93. The zero-order valence-electron chi connectivity index (χ0n) is 18.4. The molecule has 2 aromatic rings. The van der Waals surface area contributed by atoms with Gasteiger partial charge >= 0.3 is 0 Å². The van der Waals surface area contributed by atoms with Crippen LogP contribution in [0.25, 0.3) is 11.1 Å². The molecule has 1 aliphatic rings. The smallest absolute Gasteiger partial charge is 0.0822 e. The molecule has 29 heavy (non-hydrogen) atoms. The van der Waals surface area contributed by atoms with Gasteiger partial charge in [0.25, 0.3) is 0 Å². The van der Waals surface area contributed by atoms with E-state index in [1.807, 2.05) is 0 Å². The van der Waals surface area contributed by atoms with Crippen molar-refractivity contribution in [2.75, 3.05) is 0 Å². The molecule has 0 radical (unpaired) electrons. The van der Waals surface area contributed by atoms with E-state index in [0.29, 0.717) is 0 Å². The van der Waals surface area contributed by atoms with Gasteiger partial charge in [0.2, 0.25) is 0 Å². The highest BCUT2D eigenvalue weighted by molar-refractivity contribution is 5.64. The first-order valence-corrected chi connectivity index (χ1v) is 11.8. The lowest BCUT2D eigenvalue weighted by Crippen LogP contribution is -2.30. The zero-order valence-corrected chi connectivity index (χ0v) is 18.4. The van der Waals surface area contributed by atoms with E-state index in [-0.39, 0.29) is 5.41 Å². The third-order valence-corrected chi connectivity index (χ3v) is 6.93. The summed E-state index contributed by atoms with van der Waals surface area (Å²) < 4.78 is 0. The van der Waals surface area contributed by atoms with Gasteiger partial charge in [-0.2, -0.15) is 5.26 Å². The highest BCUT2D eigenvalue weighted by Crippen LogP contribution is 2.43. The highest BCUT2D eigenvalue weighted by atomic mass is 14.4. The standard InChI is InChI=1S/C28H37N/c1-3-5-7-9-23-10-12-25(13-11-23)26-14-16-27(17-15-26)28(22-29)20-18-24(19-21-28)8-6-4-2/h10-17,24H,3-9,18-21H2,1-2H3. The van der Waals surface area contributed by atoms with Crippen molar-refractivity contribution in [3.8, 4) is 17.2 Å². The fourth-order valence-electron chi connectivity index (χ4n) is 4.84. The number of nitrogens with zero attached hydrogens (tertiary/aromatic N) is 1. The number of hydrogen-bond donors (Lipinski definition) is 0. The molecule has 0 N–H and O–H groups in total. The number of unbranched alkanes of at least 4 members (excludes halogenated alkanes) is 3. The van der Waals surface area contributed by atoms with Crippen molar-refractivity contribution in [2.24, 2.45) is 5.92 Å². The molecule has 0 bridgehead atoms. The summed E-state index contributed by atoms with van der Waals surface area (Å²) in [6.07, 6.45) is 13.4. The molecule has 1 heteroatoms. The minimum Gasteiger partial charge on any atom is -0.197 e. The molecule has 3 rings (SSSR count). The van der Waals surface area contributed by atoms with E-state index in [2.05, 4.69) is 68.4 Å². The van der Waals surface area contributed by atoms with E-state index in [0.717, 1.165) is 18.8 Å². The van der Waals surface area contributed by atoms with Crippen molar-refractivity contribution in [3.05, 3.63) is 59.7 Å². The van der Waals surface area contributed by atoms with Crippen LogP contribution in [0.3, 0.4) is 0 Å². The average Bonchev–Trinajstić information content (AvgIpc) is 2.79. The van der Waals surface area contributed by atoms with Gasteiger partial charge in [-0.25, -0.2) is 0 Å². The molecule has 0 atom stereocenters. The molecule has 0 spiro atoms. The number of nitriles is 1. The molecule has 0 aromatic heterocycles. The lowest BCUT2D eigenvalue weighted by Gasteiger charge is -2.35. The highest BCUT2D eigenvalue weighted by Gasteiger charge is 2.36. The summed E-state index contributed by atoms with van der Waals surface area (Å²) in [5.41, 5.74) is 4.89. The van der Waals surface area contributed by atoms with Gasteiger partial charge in [0, 0.05) is 0 Å². The molecule has 1 saturated carbocycles. The average molecular weight is 388 g/mol. The summed E-state index contributed by atoms with van der Waals surface area (Å²) in [4.78, 5) is 0. The number of rotatable bonds is 9. The fourth-order valence-corrected chi connectivity index (χ4v) is 4.84. The molecule has 1 nitrogen and oxygen atoms in total. The Balaban J connectivity index is 1.65. The van der Waals surface area contributed by atoms with Crippen LogP contribution in [0.1, 0.15) is 89.2 Å². The van der Waals surface area contributed by atoms with Gasteiger partial charge in [-0.15, -0.1) is 0 Å². The van der Waals surface area contributed by atoms with Crippen molar-refractivity contribution < 1.29 is 0 Å². The number of aryl methyl sites for hydroxylation is 1. The molecule has 0 heterocycles. The third kappa shape index (κ3) is 5.51. The molecule has 0 unspecified atom stereocenters. The minimum absolute atomic E-state index is 0.273. The molecule has 1 aliphatic carbocycles. The quantitative estimate of drug-likeness (QED) is 0.397. The summed E-state index contributed by atoms with van der Waals surface area (Å²) in [7, 11) is 0. The molecule has 1 fully saturated rings. The summed E-state index contributed by atoms with van der Waals surface area (Å²) in [5.74, 6) is 0.825. The molecular formula is C28H37N. The first-order chi connectivity index (χ1) is 14.2. The van der Waals surface area contributed by atoms with Crippen LogP contribution in [0.5, 0.6) is 0 Å². The molecule has 0 aliphatic heterocycles. The Kier molecular flexibility index (Phi) is 7.93. The lowest BCUT2D eigenvalue weighted by molar-refractivity contribution is 0.263. The summed E-state index contributed by atoms with van der Waals surface area (Å²) in [5, 5.41) is 10.0. The van der Waals surface area contributed by atoms with Gasteiger partial charge in [-0.05, 0) is 66.7 Å². The van der Waals surface area contributed by atoms with Crippen LogP contribution in [0.2, 0.25) is 0 Å². The Labute approximate surface area is 178 Å². The minimum atomic E-state index is -0.273. The lowest BCUT2D eigenvalue weighted by atomic mass is 9.67. The van der Waals surface area contributed by atoms with E-state index in [4.69, 9.17) is 0 Å². The largest absolute Gasteiger partial charge is 0.197 e. The monoisotopic (exact) mass is 387 g/mol. The Morgan fingerprint density at radius 2 is 1.41 bits per heavy atom. The van der Waals surface area contributed by atoms with Gasteiger partial charge < -0.3 is 0 Å². The number of benzene rings is 2. The van der Waals surface area contributed by atoms with E-state index >= 15 is 0 Å². The predicted octanol–water partition coefficient (Wildman–Crippen LogP) is 8.23. The van der Waals surface area contributed by atoms with Crippen LogP contribution < -0.4 is 0 Å². The Morgan fingerprint density at radius 1 is 0.828 bits per heavy atom. The zero-order chi connectivity index (χ0) is 20.5. The van der Waals surface area contributed by atoms with Gasteiger partial charge in [0.05, 0.1) is 11.5 Å². The van der Waals surface area contributed by atoms with Crippen LogP contribution in [0.15, 0.2) is 48.5 Å². The van der Waals surface area contributed by atoms with Crippen molar-refractivity contribution in [3.63, 3.8) is 0 Å². The normalized spacial score (nSPS) is 21.6. The molecule has 0 amide bonds. The second kappa shape index (κ2) is 10.6. The van der Waals surface area contributed by atoms with Gasteiger partial charge in [0.15, 0.2) is 0 Å². The van der Waals surface area contributed by atoms with Crippen molar-refractivity contribution in [1.82, 2.24) is 0 Å². The summed E-state index contributed by atoms with van der Waals surface area (Å²) >= 11 is 0. The summed E-state index contributed by atoms with van der Waals surface area (Å²) in [6, 6.07) is 20.6. The topological polar surface area (TPSA) is 23.8 Å². The first-order valence-electron chi connectivity index (χ1n) is 11.8. The van der Waals surface area contributed by atoms with Crippen molar-refractivity contribution in [1.29, 1.82) is 5.26 Å². The summed E-state index contributed by atoms with van der Waals surface area (Å²) in [6.45, 7) is 4.52. The Morgan fingerprint density at radius 3 is 1.97 bits per heavy atom.